The van der Waals surface area contributed by atoms with Crippen LogP contribution in [0.2, 0.25) is 0 Å². The van der Waals surface area contributed by atoms with Gasteiger partial charge in [0.05, 0.1) is 15.6 Å². The van der Waals surface area contributed by atoms with Crippen LogP contribution in [0.1, 0.15) is 37.1 Å². The topological polar surface area (TPSA) is 88.2 Å². The number of rotatable bonds is 3. The smallest absolute Gasteiger partial charge is 0.151 e. The van der Waals surface area contributed by atoms with Gasteiger partial charge in [-0.3, -0.25) is 0 Å². The predicted molar refractivity (Wildman–Crippen MR) is 118 cm³/mol. The Bertz CT molecular complexity index is 997. The number of hydrogen-bond donors (Lipinski definition) is 2. The largest absolute Gasteiger partial charge is 0.507 e. The molecule has 158 valence electrons. The van der Waals surface area contributed by atoms with E-state index in [1.165, 1.54) is 42.7 Å². The van der Waals surface area contributed by atoms with Crippen LogP contribution in [0.4, 0.5) is 10.2 Å². The Hall–Kier alpha value is -2.58. The fourth-order valence-corrected chi connectivity index (χ4v) is 4.26. The van der Waals surface area contributed by atoms with Crippen LogP contribution in [0.5, 0.6) is 5.75 Å². The van der Waals surface area contributed by atoms with E-state index >= 15 is 0 Å². The van der Waals surface area contributed by atoms with Crippen molar-refractivity contribution < 1.29 is 9.50 Å². The summed E-state index contributed by atoms with van der Waals surface area (Å²) in [6.07, 6.45) is 7.82. The fraction of sp³-hybridized carbons (Fsp3) is 0.409. The van der Waals surface area contributed by atoms with Crippen molar-refractivity contribution in [1.82, 2.24) is 15.2 Å². The molecule has 0 unspecified atom stereocenters. The van der Waals surface area contributed by atoms with Gasteiger partial charge >= 0.3 is 0 Å². The van der Waals surface area contributed by atoms with Gasteiger partial charge in [0.2, 0.25) is 0 Å². The second kappa shape index (κ2) is 9.06. The number of aromatic hydroxyl groups is 1. The van der Waals surface area contributed by atoms with Crippen molar-refractivity contribution in [3.05, 3.63) is 41.3 Å². The molecule has 2 fully saturated rings. The van der Waals surface area contributed by atoms with Crippen molar-refractivity contribution in [2.45, 2.75) is 45.1 Å². The Morgan fingerprint density at radius 1 is 1.10 bits per heavy atom. The molecule has 0 atom stereocenters. The Morgan fingerprint density at radius 3 is 2.37 bits per heavy atom. The molecule has 30 heavy (non-hydrogen) atoms. The monoisotopic (exact) mass is 427 g/mol. The van der Waals surface area contributed by atoms with E-state index < -0.39 is 5.82 Å². The van der Waals surface area contributed by atoms with E-state index in [0.717, 1.165) is 36.8 Å². The molecule has 2 aromatic heterocycles. The number of nitrogens with two attached hydrogens (primary N) is 1. The summed E-state index contributed by atoms with van der Waals surface area (Å²) in [5, 5.41) is 19.6. The van der Waals surface area contributed by atoms with Crippen LogP contribution in [0.25, 0.3) is 21.7 Å². The van der Waals surface area contributed by atoms with E-state index in [-0.39, 0.29) is 5.75 Å². The summed E-state index contributed by atoms with van der Waals surface area (Å²) in [4.78, 5) is 7.00. The van der Waals surface area contributed by atoms with E-state index in [1.807, 2.05) is 13.0 Å². The highest BCUT2D eigenvalue weighted by atomic mass is 32.1. The van der Waals surface area contributed by atoms with Gasteiger partial charge in [0, 0.05) is 36.5 Å². The third-order valence-electron chi connectivity index (χ3n) is 5.48. The second-order valence-electron chi connectivity index (χ2n) is 7.75. The Balaban J connectivity index is 0.000000383. The van der Waals surface area contributed by atoms with Gasteiger partial charge in [0.15, 0.2) is 5.82 Å². The van der Waals surface area contributed by atoms with E-state index in [2.05, 4.69) is 20.1 Å². The molecule has 3 aromatic rings. The minimum absolute atomic E-state index is 0.0225. The molecule has 0 spiro atoms. The molecular weight excluding hydrogens is 401 g/mol. The summed E-state index contributed by atoms with van der Waals surface area (Å²) in [5.41, 5.74) is 6.51. The molecule has 6 nitrogen and oxygen atoms in total. The van der Waals surface area contributed by atoms with Crippen molar-refractivity contribution in [3.8, 4) is 27.4 Å². The summed E-state index contributed by atoms with van der Waals surface area (Å²) in [5.74, 6) is 0.380. The number of halogens is 1. The van der Waals surface area contributed by atoms with Gasteiger partial charge < -0.3 is 15.7 Å². The number of thiazole rings is 1. The standard InChI is InChI=1S/C18H17FN4OS.C4H9N/c1-11-20-10-17(25-11)12-9-16(24)13(8-14(12)19)15-4-5-18(22-21-15)23-6-2-3-7-23;5-4-2-1-3-4/h4-5,8-10,24H,2-3,6-7H2,1H3;4H,1-3,5H2. The third-order valence-corrected chi connectivity index (χ3v) is 6.42. The highest BCUT2D eigenvalue weighted by molar-refractivity contribution is 7.15. The Kier molecular flexibility index (Phi) is 6.24. The first-order valence-electron chi connectivity index (χ1n) is 10.3. The number of nitrogens with zero attached hydrogens (tertiary/aromatic N) is 4. The summed E-state index contributed by atoms with van der Waals surface area (Å²) < 4.78 is 14.5. The normalized spacial score (nSPS) is 16.2. The van der Waals surface area contributed by atoms with Gasteiger partial charge in [-0.25, -0.2) is 9.37 Å². The minimum Gasteiger partial charge on any atom is -0.507 e. The number of phenols is 1. The first-order valence-corrected chi connectivity index (χ1v) is 11.1. The van der Waals surface area contributed by atoms with Crippen LogP contribution >= 0.6 is 11.3 Å². The van der Waals surface area contributed by atoms with Gasteiger partial charge in [-0.15, -0.1) is 21.5 Å². The van der Waals surface area contributed by atoms with Gasteiger partial charge in [0.1, 0.15) is 11.6 Å². The lowest BCUT2D eigenvalue weighted by Crippen LogP contribution is -2.27. The molecule has 1 aliphatic carbocycles. The second-order valence-corrected chi connectivity index (χ2v) is 8.99. The minimum atomic E-state index is -0.415. The molecule has 3 N–H and O–H groups in total. The maximum absolute atomic E-state index is 14.5. The molecular formula is C22H26FN5OS. The maximum Gasteiger partial charge on any atom is 0.151 e. The van der Waals surface area contributed by atoms with Crippen LogP contribution in [-0.2, 0) is 0 Å². The van der Waals surface area contributed by atoms with Crippen molar-refractivity contribution in [1.29, 1.82) is 0 Å². The van der Waals surface area contributed by atoms with Crippen molar-refractivity contribution in [3.63, 3.8) is 0 Å². The molecule has 1 aliphatic heterocycles. The molecule has 0 radical (unpaired) electrons. The Morgan fingerprint density at radius 2 is 1.83 bits per heavy atom. The zero-order valence-electron chi connectivity index (χ0n) is 17.0. The number of phenolic OH excluding ortho intramolecular Hbond substituents is 1. The number of aryl methyl sites for hydroxylation is 1. The lowest BCUT2D eigenvalue weighted by atomic mass is 9.95. The van der Waals surface area contributed by atoms with Crippen LogP contribution < -0.4 is 10.6 Å². The van der Waals surface area contributed by atoms with Crippen molar-refractivity contribution in [2.24, 2.45) is 5.73 Å². The fourth-order valence-electron chi connectivity index (χ4n) is 3.47. The summed E-state index contributed by atoms with van der Waals surface area (Å²) >= 11 is 1.39. The SMILES string of the molecule is Cc1ncc(-c2cc(O)c(-c3ccc(N4CCCC4)nn3)cc2F)s1.NC1CCC1. The van der Waals surface area contributed by atoms with Gasteiger partial charge in [0.25, 0.3) is 0 Å². The molecule has 0 bridgehead atoms. The summed E-state index contributed by atoms with van der Waals surface area (Å²) in [7, 11) is 0. The lowest BCUT2D eigenvalue weighted by molar-refractivity contribution is 0.418. The first-order chi connectivity index (χ1) is 14.5. The first kappa shape index (κ1) is 20.7. The van der Waals surface area contributed by atoms with Gasteiger partial charge in [-0.05, 0) is 56.9 Å². The summed E-state index contributed by atoms with van der Waals surface area (Å²) in [6, 6.07) is 6.93. The number of benzene rings is 1. The Labute approximate surface area is 179 Å². The van der Waals surface area contributed by atoms with Crippen LogP contribution in [0, 0.1) is 12.7 Å². The van der Waals surface area contributed by atoms with Crippen LogP contribution in [-0.4, -0.2) is 39.4 Å². The average Bonchev–Trinajstić information content (AvgIpc) is 3.40. The zero-order chi connectivity index (χ0) is 21.1. The molecule has 2 aliphatic rings. The van der Waals surface area contributed by atoms with E-state index in [0.29, 0.717) is 27.7 Å². The van der Waals surface area contributed by atoms with Crippen LogP contribution in [0.3, 0.4) is 0 Å². The lowest BCUT2D eigenvalue weighted by Gasteiger charge is -2.18. The van der Waals surface area contributed by atoms with Crippen molar-refractivity contribution >= 4 is 17.2 Å². The number of aromatic nitrogens is 3. The molecule has 1 saturated heterocycles. The molecule has 1 saturated carbocycles. The highest BCUT2D eigenvalue weighted by Crippen LogP contribution is 2.36. The van der Waals surface area contributed by atoms with E-state index in [9.17, 15) is 9.50 Å². The number of anilines is 1. The molecule has 8 heteroatoms. The van der Waals surface area contributed by atoms with E-state index in [4.69, 9.17) is 5.73 Å². The van der Waals surface area contributed by atoms with Crippen molar-refractivity contribution in [2.75, 3.05) is 18.0 Å². The number of hydrogen-bond acceptors (Lipinski definition) is 7. The predicted octanol–water partition coefficient (Wildman–Crippen LogP) is 4.52. The molecule has 5 rings (SSSR count). The van der Waals surface area contributed by atoms with Gasteiger partial charge in [-0.2, -0.15) is 0 Å². The zero-order valence-corrected chi connectivity index (χ0v) is 17.8. The third kappa shape index (κ3) is 4.60. The molecule has 3 heterocycles. The molecule has 0 amide bonds. The maximum atomic E-state index is 14.5. The van der Waals surface area contributed by atoms with Gasteiger partial charge in [-0.1, -0.05) is 6.42 Å². The molecule has 1 aromatic carbocycles. The van der Waals surface area contributed by atoms with E-state index in [1.54, 1.807) is 12.3 Å². The average molecular weight is 428 g/mol. The quantitative estimate of drug-likeness (QED) is 0.639. The van der Waals surface area contributed by atoms with Crippen LogP contribution in [0.15, 0.2) is 30.5 Å². The highest BCUT2D eigenvalue weighted by Gasteiger charge is 2.17. The summed E-state index contributed by atoms with van der Waals surface area (Å²) in [6.45, 7) is 3.82.